The van der Waals surface area contributed by atoms with E-state index in [0.717, 1.165) is 11.0 Å². The smallest absolute Gasteiger partial charge is 0.229 e. The van der Waals surface area contributed by atoms with Crippen molar-refractivity contribution in [1.29, 1.82) is 0 Å². The van der Waals surface area contributed by atoms with Crippen molar-refractivity contribution in [3.8, 4) is 0 Å². The van der Waals surface area contributed by atoms with Crippen LogP contribution in [0.15, 0.2) is 42.5 Å². The summed E-state index contributed by atoms with van der Waals surface area (Å²) in [5, 5.41) is 2.83. The van der Waals surface area contributed by atoms with Gasteiger partial charge in [0.2, 0.25) is 11.8 Å². The lowest BCUT2D eigenvalue weighted by Crippen LogP contribution is -2.28. The van der Waals surface area contributed by atoms with Crippen molar-refractivity contribution in [2.45, 2.75) is 13.0 Å². The summed E-state index contributed by atoms with van der Waals surface area (Å²) in [6, 6.07) is 11.4. The molecule has 7 nitrogen and oxygen atoms in total. The van der Waals surface area contributed by atoms with Crippen LogP contribution in [0.25, 0.3) is 11.0 Å². The van der Waals surface area contributed by atoms with Crippen LogP contribution in [0.5, 0.6) is 0 Å². The fourth-order valence-electron chi connectivity index (χ4n) is 3.38. The molecule has 0 bridgehead atoms. The molecule has 1 aliphatic heterocycles. The van der Waals surface area contributed by atoms with Gasteiger partial charge in [0.05, 0.1) is 22.6 Å². The first-order valence-corrected chi connectivity index (χ1v) is 8.88. The van der Waals surface area contributed by atoms with Crippen molar-refractivity contribution in [1.82, 2.24) is 9.97 Å². The number of benzene rings is 2. The molecule has 144 valence electrons. The second-order valence-corrected chi connectivity index (χ2v) is 6.69. The van der Waals surface area contributed by atoms with E-state index in [-0.39, 0.29) is 30.5 Å². The molecule has 1 aliphatic rings. The highest BCUT2D eigenvalue weighted by Gasteiger charge is 2.36. The van der Waals surface area contributed by atoms with Gasteiger partial charge in [0, 0.05) is 25.8 Å². The highest BCUT2D eigenvalue weighted by molar-refractivity contribution is 6.04. The number of rotatable bonds is 5. The molecule has 2 heterocycles. The number of amides is 2. The van der Waals surface area contributed by atoms with Gasteiger partial charge < -0.3 is 19.9 Å². The zero-order chi connectivity index (χ0) is 19.7. The van der Waals surface area contributed by atoms with E-state index in [4.69, 9.17) is 4.74 Å². The van der Waals surface area contributed by atoms with Gasteiger partial charge in [-0.15, -0.1) is 0 Å². The molecular weight excluding hydrogens is 363 g/mol. The topological polar surface area (TPSA) is 87.3 Å². The maximum Gasteiger partial charge on any atom is 0.229 e. The molecule has 1 atom stereocenters. The van der Waals surface area contributed by atoms with Gasteiger partial charge in [0.25, 0.3) is 0 Å². The summed E-state index contributed by atoms with van der Waals surface area (Å²) in [7, 11) is 1.59. The molecule has 8 heteroatoms. The average molecular weight is 382 g/mol. The third-order valence-electron chi connectivity index (χ3n) is 4.72. The quantitative estimate of drug-likeness (QED) is 0.710. The number of carbonyl (C=O) groups excluding carboxylic acids is 2. The number of halogens is 1. The number of H-pyrrole nitrogens is 1. The van der Waals surface area contributed by atoms with Crippen molar-refractivity contribution in [2.75, 3.05) is 23.9 Å². The van der Waals surface area contributed by atoms with Gasteiger partial charge in [-0.2, -0.15) is 0 Å². The molecule has 2 aromatic carbocycles. The predicted octanol–water partition coefficient (Wildman–Crippen LogP) is 2.84. The lowest BCUT2D eigenvalue weighted by Gasteiger charge is -2.17. The van der Waals surface area contributed by atoms with Crippen LogP contribution in [0.2, 0.25) is 0 Å². The molecular formula is C20H19FN4O3. The van der Waals surface area contributed by atoms with Gasteiger partial charge in [-0.25, -0.2) is 9.37 Å². The maximum absolute atomic E-state index is 14.0. The van der Waals surface area contributed by atoms with Gasteiger partial charge in [-0.05, 0) is 30.3 Å². The third-order valence-corrected chi connectivity index (χ3v) is 4.72. The van der Waals surface area contributed by atoms with E-state index in [0.29, 0.717) is 18.1 Å². The summed E-state index contributed by atoms with van der Waals surface area (Å²) >= 11 is 0. The minimum absolute atomic E-state index is 0.0461. The first-order valence-electron chi connectivity index (χ1n) is 8.88. The van der Waals surface area contributed by atoms with Crippen LogP contribution in [0.1, 0.15) is 12.2 Å². The Hall–Kier alpha value is -3.26. The van der Waals surface area contributed by atoms with Crippen molar-refractivity contribution >= 4 is 34.2 Å². The Kier molecular flexibility index (Phi) is 4.79. The highest BCUT2D eigenvalue weighted by Crippen LogP contribution is 2.28. The van der Waals surface area contributed by atoms with E-state index >= 15 is 0 Å². The summed E-state index contributed by atoms with van der Waals surface area (Å²) in [6.07, 6.45) is 0.0461. The zero-order valence-corrected chi connectivity index (χ0v) is 15.2. The largest absolute Gasteiger partial charge is 0.377 e. The number of hydrogen-bond donors (Lipinski definition) is 2. The molecule has 1 aromatic heterocycles. The standard InChI is InChI=1S/C20H19FN4O3/c1-28-11-18-23-15-7-6-13(9-16(15)24-18)22-20(27)12-8-19(26)25(10-12)17-5-3-2-4-14(17)21/h2-7,9,12H,8,10-11H2,1H3,(H,22,27)(H,23,24). The van der Waals surface area contributed by atoms with Gasteiger partial charge in [0.1, 0.15) is 18.2 Å². The van der Waals surface area contributed by atoms with Gasteiger partial charge in [-0.1, -0.05) is 12.1 Å². The monoisotopic (exact) mass is 382 g/mol. The fraction of sp³-hybridized carbons (Fsp3) is 0.250. The molecule has 2 N–H and O–H groups in total. The van der Waals surface area contributed by atoms with Crippen LogP contribution >= 0.6 is 0 Å². The molecule has 3 aromatic rings. The molecule has 28 heavy (non-hydrogen) atoms. The summed E-state index contributed by atoms with van der Waals surface area (Å²) in [5.74, 6) is -0.869. The lowest BCUT2D eigenvalue weighted by atomic mass is 10.1. The van der Waals surface area contributed by atoms with E-state index < -0.39 is 11.7 Å². The molecule has 0 saturated carbocycles. The van der Waals surface area contributed by atoms with Crippen molar-refractivity contribution in [3.05, 3.63) is 54.1 Å². The zero-order valence-electron chi connectivity index (χ0n) is 15.2. The maximum atomic E-state index is 14.0. The highest BCUT2D eigenvalue weighted by atomic mass is 19.1. The average Bonchev–Trinajstić information content (AvgIpc) is 3.25. The molecule has 1 fully saturated rings. The number of aromatic amines is 1. The van der Waals surface area contributed by atoms with E-state index in [1.165, 1.54) is 17.0 Å². The van der Waals surface area contributed by atoms with Gasteiger partial charge >= 0.3 is 0 Å². The molecule has 1 saturated heterocycles. The van der Waals surface area contributed by atoms with E-state index in [9.17, 15) is 14.0 Å². The van der Waals surface area contributed by atoms with E-state index in [2.05, 4.69) is 15.3 Å². The van der Waals surface area contributed by atoms with Crippen molar-refractivity contribution in [3.63, 3.8) is 0 Å². The first kappa shape index (κ1) is 18.1. The molecule has 4 rings (SSSR count). The number of imidazole rings is 1. The molecule has 2 amide bonds. The Labute approximate surface area is 160 Å². The molecule has 0 aliphatic carbocycles. The van der Waals surface area contributed by atoms with Crippen LogP contribution < -0.4 is 10.2 Å². The van der Waals surface area contributed by atoms with E-state index in [1.807, 2.05) is 0 Å². The van der Waals surface area contributed by atoms with Crippen LogP contribution in [-0.2, 0) is 20.9 Å². The number of methoxy groups -OCH3 is 1. The summed E-state index contributed by atoms with van der Waals surface area (Å²) < 4.78 is 19.0. The number of nitrogens with one attached hydrogen (secondary N) is 2. The summed E-state index contributed by atoms with van der Waals surface area (Å²) in [5.41, 5.74) is 2.35. The fourth-order valence-corrected chi connectivity index (χ4v) is 3.38. The number of fused-ring (bicyclic) bond motifs is 1. The first-order chi connectivity index (χ1) is 13.5. The van der Waals surface area contributed by atoms with Crippen molar-refractivity contribution in [2.24, 2.45) is 5.92 Å². The Morgan fingerprint density at radius 1 is 1.36 bits per heavy atom. The predicted molar refractivity (Wildman–Crippen MR) is 102 cm³/mol. The number of hydrogen-bond acceptors (Lipinski definition) is 4. The van der Waals surface area contributed by atoms with Crippen LogP contribution in [0, 0.1) is 11.7 Å². The number of carbonyl (C=O) groups is 2. The summed E-state index contributed by atoms with van der Waals surface area (Å²) in [4.78, 5) is 33.8. The Morgan fingerprint density at radius 3 is 2.96 bits per heavy atom. The molecule has 0 radical (unpaired) electrons. The van der Waals surface area contributed by atoms with Gasteiger partial charge in [-0.3, -0.25) is 9.59 Å². The van der Waals surface area contributed by atoms with Crippen LogP contribution in [-0.4, -0.2) is 35.4 Å². The Balaban J connectivity index is 1.47. The van der Waals surface area contributed by atoms with Crippen molar-refractivity contribution < 1.29 is 18.7 Å². The minimum atomic E-state index is -0.548. The van der Waals surface area contributed by atoms with Crippen LogP contribution in [0.4, 0.5) is 15.8 Å². The normalized spacial score (nSPS) is 16.7. The number of anilines is 2. The summed E-state index contributed by atoms with van der Waals surface area (Å²) in [6.45, 7) is 0.516. The molecule has 0 spiro atoms. The number of para-hydroxylation sites is 1. The van der Waals surface area contributed by atoms with Gasteiger partial charge in [0.15, 0.2) is 0 Å². The number of aromatic nitrogens is 2. The number of nitrogens with zero attached hydrogens (tertiary/aromatic N) is 2. The second kappa shape index (κ2) is 7.40. The third kappa shape index (κ3) is 3.46. The Morgan fingerprint density at radius 2 is 2.18 bits per heavy atom. The Bertz CT molecular complexity index is 1050. The molecule has 1 unspecified atom stereocenters. The van der Waals surface area contributed by atoms with Crippen LogP contribution in [0.3, 0.4) is 0 Å². The minimum Gasteiger partial charge on any atom is -0.377 e. The lowest BCUT2D eigenvalue weighted by molar-refractivity contribution is -0.122. The van der Waals surface area contributed by atoms with E-state index in [1.54, 1.807) is 37.4 Å². The number of ether oxygens (including phenoxy) is 1. The SMILES string of the molecule is COCc1nc2ccc(NC(=O)C3CC(=O)N(c4ccccc4F)C3)cc2[nH]1. The second-order valence-electron chi connectivity index (χ2n) is 6.69.